The first-order valence-corrected chi connectivity index (χ1v) is 14.8. The summed E-state index contributed by atoms with van der Waals surface area (Å²) in [6.45, 7) is 0.974. The number of carboxylic acid groups (broad SMARTS) is 1. The predicted octanol–water partition coefficient (Wildman–Crippen LogP) is 6.98. The molecule has 0 radical (unpaired) electrons. The molecule has 0 aliphatic carbocycles. The highest BCUT2D eigenvalue weighted by atomic mass is 32.1. The standard InChI is InChI=1S/C35H31FN2O4S/c36-27-16-14-25(15-17-27)33(32-11-6-22-43-32)37-20-21-42-28-18-12-24(13-19-28)23-31(35(40)41)38-30-10-5-4-9-29(30)34(39)26-7-2-1-3-8-26/h1-19,22,31,33,37-38H,20-21,23H2,(H,40,41)/t31-,33?/m0/s1. The molecule has 5 aromatic rings. The third-order valence-corrected chi connectivity index (χ3v) is 7.89. The van der Waals surface area contributed by atoms with Gasteiger partial charge in [0.15, 0.2) is 5.78 Å². The Morgan fingerprint density at radius 1 is 0.837 bits per heavy atom. The minimum absolute atomic E-state index is 0.0693. The van der Waals surface area contributed by atoms with Crippen molar-refractivity contribution in [3.8, 4) is 5.75 Å². The highest BCUT2D eigenvalue weighted by Crippen LogP contribution is 2.26. The van der Waals surface area contributed by atoms with Gasteiger partial charge < -0.3 is 20.5 Å². The SMILES string of the molecule is O=C(c1ccccc1)c1ccccc1N[C@@H](Cc1ccc(OCCNC(c2ccc(F)cc2)c2cccs2)cc1)C(=O)O. The van der Waals surface area contributed by atoms with Gasteiger partial charge in [-0.1, -0.05) is 72.8 Å². The molecule has 0 bridgehead atoms. The molecule has 0 spiro atoms. The molecule has 8 heteroatoms. The Balaban J connectivity index is 1.17. The lowest BCUT2D eigenvalue weighted by molar-refractivity contribution is -0.137. The number of rotatable bonds is 14. The van der Waals surface area contributed by atoms with E-state index in [1.54, 1.807) is 72.0 Å². The van der Waals surface area contributed by atoms with E-state index in [0.29, 0.717) is 35.7 Å². The van der Waals surface area contributed by atoms with Crippen molar-refractivity contribution >= 4 is 28.8 Å². The molecular weight excluding hydrogens is 563 g/mol. The van der Waals surface area contributed by atoms with Crippen molar-refractivity contribution in [1.82, 2.24) is 5.32 Å². The van der Waals surface area contributed by atoms with E-state index in [2.05, 4.69) is 10.6 Å². The van der Waals surface area contributed by atoms with Crippen molar-refractivity contribution in [2.75, 3.05) is 18.5 Å². The van der Waals surface area contributed by atoms with E-state index in [4.69, 9.17) is 4.74 Å². The number of carbonyl (C=O) groups is 2. The highest BCUT2D eigenvalue weighted by Gasteiger charge is 2.21. The molecular formula is C35H31FN2O4S. The zero-order valence-electron chi connectivity index (χ0n) is 23.3. The molecule has 5 rings (SSSR count). The number of ketones is 1. The molecule has 6 nitrogen and oxygen atoms in total. The van der Waals surface area contributed by atoms with Gasteiger partial charge in [-0.15, -0.1) is 11.3 Å². The van der Waals surface area contributed by atoms with Crippen molar-refractivity contribution in [1.29, 1.82) is 0 Å². The van der Waals surface area contributed by atoms with E-state index >= 15 is 0 Å². The van der Waals surface area contributed by atoms with Gasteiger partial charge in [-0.3, -0.25) is 4.79 Å². The van der Waals surface area contributed by atoms with Crippen LogP contribution in [0.1, 0.15) is 38.0 Å². The second-order valence-corrected chi connectivity index (χ2v) is 10.9. The van der Waals surface area contributed by atoms with Crippen molar-refractivity contribution in [2.24, 2.45) is 0 Å². The number of hydrogen-bond donors (Lipinski definition) is 3. The fraction of sp³-hybridized carbons (Fsp3) is 0.143. The van der Waals surface area contributed by atoms with Gasteiger partial charge in [-0.05, 0) is 59.0 Å². The molecule has 218 valence electrons. The van der Waals surface area contributed by atoms with Crippen LogP contribution in [0.2, 0.25) is 0 Å². The fourth-order valence-corrected chi connectivity index (χ4v) is 5.59. The Hall–Kier alpha value is -4.79. The third-order valence-electron chi connectivity index (χ3n) is 6.95. The first-order valence-electron chi connectivity index (χ1n) is 13.9. The number of carboxylic acids is 1. The van der Waals surface area contributed by atoms with Gasteiger partial charge in [0.2, 0.25) is 0 Å². The predicted molar refractivity (Wildman–Crippen MR) is 168 cm³/mol. The van der Waals surface area contributed by atoms with Crippen molar-refractivity contribution in [3.63, 3.8) is 0 Å². The zero-order valence-corrected chi connectivity index (χ0v) is 24.1. The Kier molecular flexibility index (Phi) is 9.94. The summed E-state index contributed by atoms with van der Waals surface area (Å²) in [7, 11) is 0. The van der Waals surface area contributed by atoms with E-state index in [1.807, 2.05) is 47.8 Å². The normalized spacial score (nSPS) is 12.3. The number of carbonyl (C=O) groups excluding carboxylic acids is 1. The average molecular weight is 595 g/mol. The number of ether oxygens (including phenoxy) is 1. The molecule has 1 heterocycles. The van der Waals surface area contributed by atoms with Crippen LogP contribution in [0.5, 0.6) is 5.75 Å². The van der Waals surface area contributed by atoms with Crippen LogP contribution in [0.3, 0.4) is 0 Å². The van der Waals surface area contributed by atoms with Crippen LogP contribution in [0.25, 0.3) is 0 Å². The van der Waals surface area contributed by atoms with Crippen molar-refractivity contribution < 1.29 is 23.8 Å². The fourth-order valence-electron chi connectivity index (χ4n) is 4.76. The molecule has 0 saturated heterocycles. The quantitative estimate of drug-likeness (QED) is 0.0950. The number of para-hydroxylation sites is 1. The lowest BCUT2D eigenvalue weighted by Crippen LogP contribution is -2.32. The minimum Gasteiger partial charge on any atom is -0.492 e. The average Bonchev–Trinajstić information content (AvgIpc) is 3.57. The van der Waals surface area contributed by atoms with E-state index in [-0.39, 0.29) is 24.1 Å². The summed E-state index contributed by atoms with van der Waals surface area (Å²) in [6, 6.07) is 32.7. The Labute approximate surface area is 253 Å². The lowest BCUT2D eigenvalue weighted by atomic mass is 10.00. The van der Waals surface area contributed by atoms with Gasteiger partial charge in [-0.2, -0.15) is 0 Å². The number of hydrogen-bond acceptors (Lipinski definition) is 6. The monoisotopic (exact) mass is 594 g/mol. The number of halogens is 1. The molecule has 3 N–H and O–H groups in total. The molecule has 0 saturated carbocycles. The van der Waals surface area contributed by atoms with Crippen LogP contribution in [0.4, 0.5) is 10.1 Å². The number of nitrogens with one attached hydrogen (secondary N) is 2. The molecule has 0 amide bonds. The van der Waals surface area contributed by atoms with Gasteiger partial charge in [0, 0.05) is 34.7 Å². The maximum Gasteiger partial charge on any atom is 0.326 e. The van der Waals surface area contributed by atoms with Crippen LogP contribution < -0.4 is 15.4 Å². The molecule has 4 aromatic carbocycles. The van der Waals surface area contributed by atoms with Crippen LogP contribution >= 0.6 is 11.3 Å². The highest BCUT2D eigenvalue weighted by molar-refractivity contribution is 7.10. The maximum atomic E-state index is 13.4. The summed E-state index contributed by atoms with van der Waals surface area (Å²) in [5.74, 6) is -0.800. The largest absolute Gasteiger partial charge is 0.492 e. The Morgan fingerprint density at radius 3 is 2.26 bits per heavy atom. The number of thiophene rings is 1. The Morgan fingerprint density at radius 2 is 1.56 bits per heavy atom. The van der Waals surface area contributed by atoms with E-state index < -0.39 is 12.0 Å². The topological polar surface area (TPSA) is 87.7 Å². The maximum absolute atomic E-state index is 13.4. The van der Waals surface area contributed by atoms with E-state index in [0.717, 1.165) is 16.0 Å². The molecule has 2 atom stereocenters. The lowest BCUT2D eigenvalue weighted by Gasteiger charge is -2.19. The summed E-state index contributed by atoms with van der Waals surface area (Å²) in [4.78, 5) is 26.4. The summed E-state index contributed by atoms with van der Waals surface area (Å²) < 4.78 is 19.4. The molecule has 43 heavy (non-hydrogen) atoms. The number of benzene rings is 4. The van der Waals surface area contributed by atoms with Gasteiger partial charge in [-0.25, -0.2) is 9.18 Å². The number of anilines is 1. The van der Waals surface area contributed by atoms with E-state index in [9.17, 15) is 19.1 Å². The van der Waals surface area contributed by atoms with E-state index in [1.165, 1.54) is 12.1 Å². The smallest absolute Gasteiger partial charge is 0.326 e. The summed E-state index contributed by atoms with van der Waals surface area (Å²) >= 11 is 1.63. The molecule has 1 aromatic heterocycles. The first-order chi connectivity index (χ1) is 21.0. The van der Waals surface area contributed by atoms with Crippen LogP contribution in [-0.4, -0.2) is 36.1 Å². The molecule has 0 aliphatic heterocycles. The number of aliphatic carboxylic acids is 1. The zero-order chi connectivity index (χ0) is 30.0. The third kappa shape index (κ3) is 7.94. The summed E-state index contributed by atoms with van der Waals surface area (Å²) in [6.07, 6.45) is 0.213. The van der Waals surface area contributed by atoms with Crippen LogP contribution in [0, 0.1) is 5.82 Å². The Bertz CT molecular complexity index is 1630. The van der Waals surface area contributed by atoms with Gasteiger partial charge in [0.1, 0.15) is 24.2 Å². The summed E-state index contributed by atoms with van der Waals surface area (Å²) in [5, 5.41) is 18.5. The second kappa shape index (κ2) is 14.4. The summed E-state index contributed by atoms with van der Waals surface area (Å²) in [5.41, 5.74) is 3.20. The van der Waals surface area contributed by atoms with Crippen molar-refractivity contribution in [3.05, 3.63) is 154 Å². The molecule has 0 aliphatic rings. The second-order valence-electron chi connectivity index (χ2n) is 9.93. The molecule has 1 unspecified atom stereocenters. The van der Waals surface area contributed by atoms with Gasteiger partial charge >= 0.3 is 5.97 Å². The first kappa shape index (κ1) is 29.7. The van der Waals surface area contributed by atoms with Gasteiger partial charge in [0.25, 0.3) is 0 Å². The van der Waals surface area contributed by atoms with Crippen LogP contribution in [0.15, 0.2) is 121 Å². The van der Waals surface area contributed by atoms with Crippen molar-refractivity contribution in [2.45, 2.75) is 18.5 Å². The molecule has 0 fully saturated rings. The van der Waals surface area contributed by atoms with Crippen LogP contribution in [-0.2, 0) is 11.2 Å². The van der Waals surface area contributed by atoms with Gasteiger partial charge in [0.05, 0.1) is 6.04 Å². The minimum atomic E-state index is -1.02.